The van der Waals surface area contributed by atoms with Gasteiger partial charge in [0.15, 0.2) is 0 Å². The van der Waals surface area contributed by atoms with Gasteiger partial charge in [0.25, 0.3) is 5.95 Å². The van der Waals surface area contributed by atoms with Crippen molar-refractivity contribution in [1.29, 1.82) is 0 Å². The molecule has 3 heterocycles. The summed E-state index contributed by atoms with van der Waals surface area (Å²) in [5, 5.41) is 7.65. The summed E-state index contributed by atoms with van der Waals surface area (Å²) in [6, 6.07) is 0.246. The van der Waals surface area contributed by atoms with Crippen molar-refractivity contribution < 1.29 is 4.52 Å². The Hall–Kier alpha value is -1.14. The van der Waals surface area contributed by atoms with E-state index in [1.54, 1.807) is 0 Å². The number of aromatic nitrogens is 2. The topological polar surface area (TPSA) is 57.4 Å². The molecule has 0 aliphatic carbocycles. The highest BCUT2D eigenvalue weighted by molar-refractivity contribution is 5.28. The molecule has 2 aliphatic rings. The molecule has 1 N–H and O–H groups in total. The van der Waals surface area contributed by atoms with Gasteiger partial charge in [-0.15, -0.1) is 0 Å². The second-order valence-electron chi connectivity index (χ2n) is 5.58. The summed E-state index contributed by atoms with van der Waals surface area (Å²) in [4.78, 5) is 9.13. The Morgan fingerprint density at radius 2 is 2.00 bits per heavy atom. The first-order valence-electron chi connectivity index (χ1n) is 7.33. The number of hydrogen-bond acceptors (Lipinski definition) is 6. The molecule has 1 aromatic heterocycles. The normalized spacial score (nSPS) is 26.4. The zero-order valence-corrected chi connectivity index (χ0v) is 11.6. The van der Waals surface area contributed by atoms with Gasteiger partial charge in [-0.2, -0.15) is 4.98 Å². The zero-order chi connectivity index (χ0) is 13.1. The second-order valence-corrected chi connectivity index (χ2v) is 5.58. The Balaban J connectivity index is 1.65. The van der Waals surface area contributed by atoms with Crippen LogP contribution in [0.2, 0.25) is 0 Å². The molecule has 6 heteroatoms. The molecular formula is C13H23N5O. The molecule has 0 spiro atoms. The predicted molar refractivity (Wildman–Crippen MR) is 73.2 cm³/mol. The number of nitrogens with zero attached hydrogens (tertiary/aromatic N) is 4. The fraction of sp³-hybridized carbons (Fsp3) is 0.846. The second kappa shape index (κ2) is 5.88. The smallest absolute Gasteiger partial charge is 0.266 e. The van der Waals surface area contributed by atoms with Gasteiger partial charge in [0, 0.05) is 26.2 Å². The lowest BCUT2D eigenvalue weighted by Gasteiger charge is -2.31. The predicted octanol–water partition coefficient (Wildman–Crippen LogP) is 1.03. The maximum absolute atomic E-state index is 5.46. The fourth-order valence-corrected chi connectivity index (χ4v) is 2.74. The average molecular weight is 265 g/mol. The van der Waals surface area contributed by atoms with E-state index in [1.165, 1.54) is 19.3 Å². The van der Waals surface area contributed by atoms with Crippen LogP contribution in [0.25, 0.3) is 0 Å². The van der Waals surface area contributed by atoms with Crippen LogP contribution < -0.4 is 10.2 Å². The largest absolute Gasteiger partial charge is 0.336 e. The third-order valence-electron chi connectivity index (χ3n) is 4.08. The van der Waals surface area contributed by atoms with Gasteiger partial charge < -0.3 is 19.6 Å². The first kappa shape index (κ1) is 12.9. The van der Waals surface area contributed by atoms with E-state index in [-0.39, 0.29) is 6.04 Å². The van der Waals surface area contributed by atoms with E-state index in [4.69, 9.17) is 4.52 Å². The number of piperazine rings is 1. The highest BCUT2D eigenvalue weighted by Gasteiger charge is 2.23. The van der Waals surface area contributed by atoms with E-state index < -0.39 is 0 Å². The molecule has 0 aromatic carbocycles. The van der Waals surface area contributed by atoms with Gasteiger partial charge in [-0.05, 0) is 31.6 Å². The molecule has 1 aromatic rings. The van der Waals surface area contributed by atoms with Crippen LogP contribution in [-0.4, -0.2) is 54.8 Å². The van der Waals surface area contributed by atoms with Gasteiger partial charge in [-0.3, -0.25) is 0 Å². The van der Waals surface area contributed by atoms with Crippen molar-refractivity contribution >= 4 is 5.95 Å². The van der Waals surface area contributed by atoms with Gasteiger partial charge in [0.2, 0.25) is 5.89 Å². The lowest BCUT2D eigenvalue weighted by atomic mass is 10.1. The van der Waals surface area contributed by atoms with Crippen molar-refractivity contribution in [3.8, 4) is 0 Å². The molecule has 106 valence electrons. The van der Waals surface area contributed by atoms with Crippen molar-refractivity contribution in [3.63, 3.8) is 0 Å². The molecule has 1 unspecified atom stereocenters. The number of likely N-dealkylation sites (N-methyl/N-ethyl adjacent to an activating group) is 1. The molecule has 0 bridgehead atoms. The fourth-order valence-electron chi connectivity index (χ4n) is 2.74. The van der Waals surface area contributed by atoms with Gasteiger partial charge in [0.1, 0.15) is 0 Å². The van der Waals surface area contributed by atoms with Crippen LogP contribution in [0.4, 0.5) is 5.95 Å². The van der Waals surface area contributed by atoms with Crippen LogP contribution in [-0.2, 0) is 0 Å². The molecule has 1 atom stereocenters. The van der Waals surface area contributed by atoms with E-state index in [2.05, 4.69) is 32.3 Å². The van der Waals surface area contributed by atoms with E-state index in [9.17, 15) is 0 Å². The molecular weight excluding hydrogens is 242 g/mol. The lowest BCUT2D eigenvalue weighted by Crippen LogP contribution is -2.44. The number of anilines is 1. The standard InChI is InChI=1S/C13H23N5O/c1-17-7-9-18(10-8-17)13-15-12(19-16-13)11-5-3-2-4-6-14-11/h11,14H,2-10H2,1H3. The maximum atomic E-state index is 5.46. The van der Waals surface area contributed by atoms with Crippen LogP contribution in [0.3, 0.4) is 0 Å². The van der Waals surface area contributed by atoms with Gasteiger partial charge in [-0.25, -0.2) is 0 Å². The quantitative estimate of drug-likeness (QED) is 0.862. The highest BCUT2D eigenvalue weighted by Crippen LogP contribution is 2.23. The van der Waals surface area contributed by atoms with Crippen molar-refractivity contribution in [2.75, 3.05) is 44.7 Å². The Morgan fingerprint density at radius 1 is 1.16 bits per heavy atom. The SMILES string of the molecule is CN1CCN(c2noc(C3CCCCCN3)n2)CC1. The molecule has 0 saturated carbocycles. The zero-order valence-electron chi connectivity index (χ0n) is 11.6. The Morgan fingerprint density at radius 3 is 2.84 bits per heavy atom. The molecule has 3 rings (SSSR count). The van der Waals surface area contributed by atoms with Gasteiger partial charge >= 0.3 is 0 Å². The van der Waals surface area contributed by atoms with E-state index in [1.807, 2.05) is 0 Å². The summed E-state index contributed by atoms with van der Waals surface area (Å²) in [7, 11) is 2.15. The highest BCUT2D eigenvalue weighted by atomic mass is 16.5. The van der Waals surface area contributed by atoms with Crippen molar-refractivity contribution in [1.82, 2.24) is 20.4 Å². The van der Waals surface area contributed by atoms with Crippen LogP contribution in [0, 0.1) is 0 Å². The van der Waals surface area contributed by atoms with Crippen molar-refractivity contribution in [2.45, 2.75) is 31.7 Å². The Bertz CT molecular complexity index is 391. The third-order valence-corrected chi connectivity index (χ3v) is 4.08. The lowest BCUT2D eigenvalue weighted by molar-refractivity contribution is 0.306. The van der Waals surface area contributed by atoms with Crippen LogP contribution in [0.15, 0.2) is 4.52 Å². The first-order chi connectivity index (χ1) is 9.33. The molecule has 2 aliphatic heterocycles. The minimum absolute atomic E-state index is 0.246. The van der Waals surface area contributed by atoms with E-state index >= 15 is 0 Å². The first-order valence-corrected chi connectivity index (χ1v) is 7.33. The van der Waals surface area contributed by atoms with E-state index in [0.29, 0.717) is 0 Å². The van der Waals surface area contributed by atoms with Gasteiger partial charge in [0.05, 0.1) is 6.04 Å². The minimum Gasteiger partial charge on any atom is -0.336 e. The van der Waals surface area contributed by atoms with Crippen molar-refractivity contribution in [3.05, 3.63) is 5.89 Å². The molecule has 2 fully saturated rings. The molecule has 6 nitrogen and oxygen atoms in total. The number of hydrogen-bond donors (Lipinski definition) is 1. The number of rotatable bonds is 2. The summed E-state index contributed by atoms with van der Waals surface area (Å²) >= 11 is 0. The van der Waals surface area contributed by atoms with Crippen molar-refractivity contribution in [2.24, 2.45) is 0 Å². The minimum atomic E-state index is 0.246. The summed E-state index contributed by atoms with van der Waals surface area (Å²) in [5.74, 6) is 1.52. The summed E-state index contributed by atoms with van der Waals surface area (Å²) < 4.78 is 5.46. The molecule has 0 radical (unpaired) electrons. The summed E-state index contributed by atoms with van der Waals surface area (Å²) in [5.41, 5.74) is 0. The molecule has 2 saturated heterocycles. The molecule has 19 heavy (non-hydrogen) atoms. The van der Waals surface area contributed by atoms with Crippen LogP contribution >= 0.6 is 0 Å². The summed E-state index contributed by atoms with van der Waals surface area (Å²) in [6.07, 6.45) is 4.88. The molecule has 0 amide bonds. The summed E-state index contributed by atoms with van der Waals surface area (Å²) in [6.45, 7) is 5.13. The third kappa shape index (κ3) is 3.06. The monoisotopic (exact) mass is 265 g/mol. The van der Waals surface area contributed by atoms with Crippen LogP contribution in [0.1, 0.15) is 37.6 Å². The van der Waals surface area contributed by atoms with Gasteiger partial charge in [-0.1, -0.05) is 12.8 Å². The Labute approximate surface area is 114 Å². The number of nitrogens with one attached hydrogen (secondary N) is 1. The van der Waals surface area contributed by atoms with Crippen LogP contribution in [0.5, 0.6) is 0 Å². The Kier molecular flexibility index (Phi) is 3.98. The maximum Gasteiger partial charge on any atom is 0.266 e. The average Bonchev–Trinajstić information content (AvgIpc) is 2.76. The van der Waals surface area contributed by atoms with E-state index in [0.717, 1.165) is 51.0 Å².